The van der Waals surface area contributed by atoms with Crippen LogP contribution in [0.1, 0.15) is 30.9 Å². The summed E-state index contributed by atoms with van der Waals surface area (Å²) in [5, 5.41) is 12.3. The number of aliphatic hydroxyl groups excluding tert-OH is 1. The average Bonchev–Trinajstić information content (AvgIpc) is 2.46. The number of rotatable bonds is 4. The van der Waals surface area contributed by atoms with Gasteiger partial charge < -0.3 is 10.4 Å². The lowest BCUT2D eigenvalue weighted by Crippen LogP contribution is -2.35. The first-order valence-electron chi connectivity index (χ1n) is 6.42. The summed E-state index contributed by atoms with van der Waals surface area (Å²) in [5.41, 5.74) is 0.944. The van der Waals surface area contributed by atoms with Gasteiger partial charge in [0.25, 0.3) is 0 Å². The Labute approximate surface area is 108 Å². The van der Waals surface area contributed by atoms with Crippen molar-refractivity contribution in [3.8, 4) is 0 Å². The molecule has 0 bridgehead atoms. The Morgan fingerprint density at radius 2 is 2.11 bits per heavy atom. The predicted octanol–water partition coefficient (Wildman–Crippen LogP) is 2.19. The number of allylic oxidation sites excluding steroid dienone is 2. The number of amides is 1. The zero-order chi connectivity index (χ0) is 12.8. The average molecular weight is 245 g/mol. The minimum atomic E-state index is -0.301. The van der Waals surface area contributed by atoms with E-state index in [1.54, 1.807) is 0 Å². The lowest BCUT2D eigenvalue weighted by molar-refractivity contribution is -0.126. The molecular weight excluding hydrogens is 226 g/mol. The highest BCUT2D eigenvalue weighted by molar-refractivity contribution is 5.79. The Morgan fingerprint density at radius 1 is 1.33 bits per heavy atom. The Bertz CT molecular complexity index is 414. The highest BCUT2D eigenvalue weighted by Gasteiger charge is 2.21. The topological polar surface area (TPSA) is 49.3 Å². The summed E-state index contributed by atoms with van der Waals surface area (Å²) in [7, 11) is 0. The van der Waals surface area contributed by atoms with Crippen molar-refractivity contribution < 1.29 is 9.90 Å². The summed E-state index contributed by atoms with van der Waals surface area (Å²) in [4.78, 5) is 12.1. The van der Waals surface area contributed by atoms with Gasteiger partial charge in [-0.15, -0.1) is 0 Å². The molecule has 0 radical (unpaired) electrons. The maximum Gasteiger partial charge on any atom is 0.223 e. The van der Waals surface area contributed by atoms with Gasteiger partial charge in [-0.1, -0.05) is 42.5 Å². The molecule has 2 N–H and O–H groups in total. The molecular formula is C15H19NO2. The quantitative estimate of drug-likeness (QED) is 0.799. The van der Waals surface area contributed by atoms with E-state index >= 15 is 0 Å². The van der Waals surface area contributed by atoms with E-state index in [0.29, 0.717) is 0 Å². The van der Waals surface area contributed by atoms with Crippen molar-refractivity contribution >= 4 is 5.91 Å². The van der Waals surface area contributed by atoms with Crippen LogP contribution in [0.25, 0.3) is 0 Å². The number of hydrogen-bond donors (Lipinski definition) is 2. The van der Waals surface area contributed by atoms with Crippen LogP contribution in [0.2, 0.25) is 0 Å². The first-order chi connectivity index (χ1) is 8.81. The van der Waals surface area contributed by atoms with Crippen LogP contribution >= 0.6 is 0 Å². The van der Waals surface area contributed by atoms with Gasteiger partial charge in [0.1, 0.15) is 0 Å². The molecule has 1 amide bonds. The van der Waals surface area contributed by atoms with Crippen LogP contribution in [0, 0.1) is 5.92 Å². The monoisotopic (exact) mass is 245 g/mol. The number of carbonyl (C=O) groups excluding carboxylic acids is 1. The molecule has 1 aliphatic carbocycles. The zero-order valence-electron chi connectivity index (χ0n) is 10.4. The van der Waals surface area contributed by atoms with Gasteiger partial charge in [-0.3, -0.25) is 4.79 Å². The van der Waals surface area contributed by atoms with Gasteiger partial charge in [0.2, 0.25) is 5.91 Å². The fourth-order valence-electron chi connectivity index (χ4n) is 2.24. The first kappa shape index (κ1) is 12.8. The van der Waals surface area contributed by atoms with Crippen LogP contribution in [0.5, 0.6) is 0 Å². The van der Waals surface area contributed by atoms with Crippen LogP contribution in [0.4, 0.5) is 0 Å². The standard InChI is InChI=1S/C15H19NO2/c17-11-14(12-7-3-1-4-8-12)16-15(18)13-9-5-2-6-10-13/h1-5,7-8,13-14,17H,6,9-11H2,(H,16,18)/t13?,14-/m1/s1. The van der Waals surface area contributed by atoms with Crippen LogP contribution in [0.15, 0.2) is 42.5 Å². The van der Waals surface area contributed by atoms with Gasteiger partial charge in [0, 0.05) is 5.92 Å². The molecule has 0 saturated carbocycles. The third-order valence-electron chi connectivity index (χ3n) is 3.34. The molecule has 0 saturated heterocycles. The Morgan fingerprint density at radius 3 is 2.72 bits per heavy atom. The van der Waals surface area contributed by atoms with E-state index in [1.165, 1.54) is 0 Å². The largest absolute Gasteiger partial charge is 0.394 e. The van der Waals surface area contributed by atoms with Crippen LogP contribution in [0.3, 0.4) is 0 Å². The van der Waals surface area contributed by atoms with E-state index in [0.717, 1.165) is 24.8 Å². The lowest BCUT2D eigenvalue weighted by atomic mass is 9.93. The van der Waals surface area contributed by atoms with E-state index in [4.69, 9.17) is 0 Å². The van der Waals surface area contributed by atoms with E-state index in [2.05, 4.69) is 17.5 Å². The van der Waals surface area contributed by atoms with Gasteiger partial charge in [0.05, 0.1) is 12.6 Å². The highest BCUT2D eigenvalue weighted by atomic mass is 16.3. The molecule has 1 aromatic rings. The van der Waals surface area contributed by atoms with E-state index in [1.807, 2.05) is 30.3 Å². The summed E-state index contributed by atoms with van der Waals surface area (Å²) in [6, 6.07) is 9.28. The van der Waals surface area contributed by atoms with Gasteiger partial charge in [-0.05, 0) is 24.8 Å². The summed E-state index contributed by atoms with van der Waals surface area (Å²) in [5.74, 6) is 0.0926. The normalized spacial score (nSPS) is 20.4. The Kier molecular flexibility index (Phi) is 4.53. The number of carbonyl (C=O) groups is 1. The zero-order valence-corrected chi connectivity index (χ0v) is 10.4. The van der Waals surface area contributed by atoms with Crippen molar-refractivity contribution in [2.24, 2.45) is 5.92 Å². The SMILES string of the molecule is O=C(N[C@H](CO)c1ccccc1)C1CC=CCC1. The van der Waals surface area contributed by atoms with Crippen molar-refractivity contribution in [1.82, 2.24) is 5.32 Å². The molecule has 2 atom stereocenters. The van der Waals surface area contributed by atoms with Gasteiger partial charge >= 0.3 is 0 Å². The summed E-state index contributed by atoms with van der Waals surface area (Å²) < 4.78 is 0. The molecule has 3 heteroatoms. The van der Waals surface area contributed by atoms with Crippen molar-refractivity contribution in [2.45, 2.75) is 25.3 Å². The van der Waals surface area contributed by atoms with Gasteiger partial charge in [0.15, 0.2) is 0 Å². The molecule has 2 rings (SSSR count). The van der Waals surface area contributed by atoms with Gasteiger partial charge in [-0.25, -0.2) is 0 Å². The fraction of sp³-hybridized carbons (Fsp3) is 0.400. The molecule has 1 unspecified atom stereocenters. The Balaban J connectivity index is 1.98. The summed E-state index contributed by atoms with van der Waals surface area (Å²) in [6.45, 7) is -0.0711. The molecule has 1 aliphatic rings. The molecule has 0 heterocycles. The minimum absolute atomic E-state index is 0.0438. The van der Waals surface area contributed by atoms with Crippen LogP contribution < -0.4 is 5.32 Å². The maximum absolute atomic E-state index is 12.1. The van der Waals surface area contributed by atoms with Gasteiger partial charge in [-0.2, -0.15) is 0 Å². The number of hydrogen-bond acceptors (Lipinski definition) is 2. The van der Waals surface area contributed by atoms with Crippen LogP contribution in [-0.2, 0) is 4.79 Å². The minimum Gasteiger partial charge on any atom is -0.394 e. The second-order valence-corrected chi connectivity index (χ2v) is 4.64. The van der Waals surface area contributed by atoms with Crippen molar-refractivity contribution in [1.29, 1.82) is 0 Å². The van der Waals surface area contributed by atoms with E-state index in [-0.39, 0.29) is 24.5 Å². The number of nitrogens with one attached hydrogen (secondary N) is 1. The summed E-state index contributed by atoms with van der Waals surface area (Å²) in [6.07, 6.45) is 6.84. The Hall–Kier alpha value is -1.61. The number of aliphatic hydroxyl groups is 1. The summed E-state index contributed by atoms with van der Waals surface area (Å²) >= 11 is 0. The van der Waals surface area contributed by atoms with Crippen LogP contribution in [-0.4, -0.2) is 17.6 Å². The second kappa shape index (κ2) is 6.36. The molecule has 96 valence electrons. The number of benzene rings is 1. The fourth-order valence-corrected chi connectivity index (χ4v) is 2.24. The molecule has 0 aromatic heterocycles. The van der Waals surface area contributed by atoms with E-state index in [9.17, 15) is 9.90 Å². The molecule has 0 fully saturated rings. The molecule has 1 aromatic carbocycles. The van der Waals surface area contributed by atoms with Crippen molar-refractivity contribution in [2.75, 3.05) is 6.61 Å². The first-order valence-corrected chi connectivity index (χ1v) is 6.42. The smallest absolute Gasteiger partial charge is 0.223 e. The second-order valence-electron chi connectivity index (χ2n) is 4.64. The lowest BCUT2D eigenvalue weighted by Gasteiger charge is -2.22. The highest BCUT2D eigenvalue weighted by Crippen LogP contribution is 2.20. The molecule has 3 nitrogen and oxygen atoms in total. The molecule has 18 heavy (non-hydrogen) atoms. The predicted molar refractivity (Wildman–Crippen MR) is 70.9 cm³/mol. The molecule has 0 aliphatic heterocycles. The van der Waals surface area contributed by atoms with E-state index < -0.39 is 0 Å². The third kappa shape index (κ3) is 3.20. The molecule has 0 spiro atoms. The maximum atomic E-state index is 12.1. The van der Waals surface area contributed by atoms with Crippen molar-refractivity contribution in [3.63, 3.8) is 0 Å². The van der Waals surface area contributed by atoms with Crippen molar-refractivity contribution in [3.05, 3.63) is 48.0 Å². The third-order valence-corrected chi connectivity index (χ3v) is 3.34.